The molecule has 0 unspecified atom stereocenters. The van der Waals surface area contributed by atoms with Crippen LogP contribution in [0.4, 0.5) is 0 Å². The Bertz CT molecular complexity index is 941. The number of hydrogen-bond donors (Lipinski definition) is 0. The zero-order valence-electron chi connectivity index (χ0n) is 12.9. The molecule has 0 atom stereocenters. The summed E-state index contributed by atoms with van der Waals surface area (Å²) in [5.41, 5.74) is 4.07. The van der Waals surface area contributed by atoms with E-state index in [0.29, 0.717) is 0 Å². The number of methoxy groups -OCH3 is 1. The van der Waals surface area contributed by atoms with Crippen molar-refractivity contribution in [3.05, 3.63) is 42.5 Å². The average Bonchev–Trinajstić information content (AvgIpc) is 2.54. The Morgan fingerprint density at radius 1 is 1.04 bits per heavy atom. The standard InChI is InChI=1S/C14H13N2O.CH4O4S/c1-16-12-8-4-3-6-10(12)15-11-7-5-9-13(17-2)14(11)16;1-5-6(2,3)4/h3-9H,1-2H3;1H3,(H,2,3,4)/q+1;/p-1. The fourth-order valence-corrected chi connectivity index (χ4v) is 2.20. The lowest BCUT2D eigenvalue weighted by Crippen LogP contribution is -2.31. The van der Waals surface area contributed by atoms with E-state index in [1.807, 2.05) is 43.4 Å². The van der Waals surface area contributed by atoms with Crippen LogP contribution >= 0.6 is 0 Å². The molecule has 122 valence electrons. The van der Waals surface area contributed by atoms with Crippen LogP contribution < -0.4 is 9.30 Å². The van der Waals surface area contributed by atoms with E-state index in [4.69, 9.17) is 4.74 Å². The lowest BCUT2D eigenvalue weighted by atomic mass is 10.2. The van der Waals surface area contributed by atoms with Gasteiger partial charge in [0.15, 0.2) is 5.75 Å². The van der Waals surface area contributed by atoms with Gasteiger partial charge in [0.05, 0.1) is 14.2 Å². The van der Waals surface area contributed by atoms with Gasteiger partial charge in [-0.2, -0.15) is 4.57 Å². The molecule has 7 nitrogen and oxygen atoms in total. The summed E-state index contributed by atoms with van der Waals surface area (Å²) in [6.07, 6.45) is 0. The van der Waals surface area contributed by atoms with Crippen molar-refractivity contribution in [2.75, 3.05) is 14.2 Å². The van der Waals surface area contributed by atoms with Gasteiger partial charge in [-0.05, 0) is 18.2 Å². The third-order valence-electron chi connectivity index (χ3n) is 3.22. The van der Waals surface area contributed by atoms with E-state index < -0.39 is 10.4 Å². The third kappa shape index (κ3) is 3.92. The number of hydrogen-bond acceptors (Lipinski definition) is 6. The average molecular weight is 336 g/mol. The van der Waals surface area contributed by atoms with Crippen LogP contribution in [0, 0.1) is 0 Å². The van der Waals surface area contributed by atoms with Crippen LogP contribution in [0.5, 0.6) is 5.75 Å². The molecule has 0 radical (unpaired) electrons. The first-order valence-corrected chi connectivity index (χ1v) is 7.93. The highest BCUT2D eigenvalue weighted by atomic mass is 32.3. The maximum Gasteiger partial charge on any atom is 0.273 e. The molecule has 0 aliphatic carbocycles. The summed E-state index contributed by atoms with van der Waals surface area (Å²) in [6.45, 7) is 0. The molecule has 0 aliphatic heterocycles. The molecule has 3 rings (SSSR count). The predicted molar refractivity (Wildman–Crippen MR) is 83.7 cm³/mol. The maximum atomic E-state index is 9.22. The van der Waals surface area contributed by atoms with Gasteiger partial charge >= 0.3 is 0 Å². The highest BCUT2D eigenvalue weighted by Gasteiger charge is 2.16. The van der Waals surface area contributed by atoms with E-state index in [2.05, 4.69) is 19.8 Å². The summed E-state index contributed by atoms with van der Waals surface area (Å²) in [6, 6.07) is 14.0. The molecule has 0 amide bonds. The first-order chi connectivity index (χ1) is 10.9. The molecular formula is C15H16N2O5S. The van der Waals surface area contributed by atoms with Gasteiger partial charge in [0.1, 0.15) is 18.1 Å². The predicted octanol–water partition coefficient (Wildman–Crippen LogP) is 1.31. The second-order valence-electron chi connectivity index (χ2n) is 4.56. The van der Waals surface area contributed by atoms with E-state index in [1.54, 1.807) is 7.11 Å². The Kier molecular flexibility index (Phi) is 5.09. The molecule has 1 aromatic heterocycles. The Hall–Kier alpha value is -2.29. The zero-order chi connectivity index (χ0) is 17.0. The van der Waals surface area contributed by atoms with Gasteiger partial charge in [-0.1, -0.05) is 18.2 Å². The van der Waals surface area contributed by atoms with Gasteiger partial charge in [0.2, 0.25) is 15.9 Å². The minimum atomic E-state index is -4.41. The summed E-state index contributed by atoms with van der Waals surface area (Å²) in [5.74, 6) is 0.850. The molecule has 0 fully saturated rings. The molecule has 2 aromatic carbocycles. The maximum absolute atomic E-state index is 9.22. The summed E-state index contributed by atoms with van der Waals surface area (Å²) in [7, 11) is 0.117. The monoisotopic (exact) mass is 336 g/mol. The van der Waals surface area contributed by atoms with Crippen LogP contribution in [0.2, 0.25) is 0 Å². The minimum absolute atomic E-state index is 0.808. The molecule has 0 bridgehead atoms. The zero-order valence-corrected chi connectivity index (χ0v) is 13.7. The fourth-order valence-electron chi connectivity index (χ4n) is 2.20. The van der Waals surface area contributed by atoms with E-state index >= 15 is 0 Å². The van der Waals surface area contributed by atoms with Crippen LogP contribution in [-0.4, -0.2) is 32.2 Å². The van der Waals surface area contributed by atoms with Gasteiger partial charge in [-0.25, -0.2) is 13.4 Å². The lowest BCUT2D eigenvalue weighted by molar-refractivity contribution is -0.618. The second kappa shape index (κ2) is 6.86. The number of benzene rings is 2. The number of nitrogens with zero attached hydrogens (tertiary/aromatic N) is 2. The summed E-state index contributed by atoms with van der Waals surface area (Å²) in [5, 5.41) is 0. The van der Waals surface area contributed by atoms with Crippen LogP contribution in [0.3, 0.4) is 0 Å². The molecule has 23 heavy (non-hydrogen) atoms. The third-order valence-corrected chi connectivity index (χ3v) is 3.63. The molecule has 0 N–H and O–H groups in total. The fraction of sp³-hybridized carbons (Fsp3) is 0.200. The molecule has 0 aliphatic rings. The van der Waals surface area contributed by atoms with Crippen molar-refractivity contribution in [3.63, 3.8) is 0 Å². The van der Waals surface area contributed by atoms with E-state index in [-0.39, 0.29) is 0 Å². The van der Waals surface area contributed by atoms with Crippen molar-refractivity contribution in [1.82, 2.24) is 4.98 Å². The summed E-state index contributed by atoms with van der Waals surface area (Å²) < 4.78 is 38.5. The van der Waals surface area contributed by atoms with E-state index in [0.717, 1.165) is 34.9 Å². The Balaban J connectivity index is 0.000000277. The molecule has 0 saturated heterocycles. The van der Waals surface area contributed by atoms with Gasteiger partial charge < -0.3 is 9.29 Å². The molecule has 0 spiro atoms. The first kappa shape index (κ1) is 17.1. The van der Waals surface area contributed by atoms with Gasteiger partial charge in [0.25, 0.3) is 5.52 Å². The molecule has 3 aromatic rings. The Morgan fingerprint density at radius 3 is 2.26 bits per heavy atom. The molecule has 1 heterocycles. The normalized spacial score (nSPS) is 11.1. The highest BCUT2D eigenvalue weighted by Crippen LogP contribution is 2.22. The summed E-state index contributed by atoms with van der Waals surface area (Å²) in [4.78, 5) is 4.65. The number of ether oxygens (including phenoxy) is 1. The minimum Gasteiger partial charge on any atom is -0.726 e. The van der Waals surface area contributed by atoms with Crippen molar-refractivity contribution in [2.45, 2.75) is 0 Å². The largest absolute Gasteiger partial charge is 0.726 e. The van der Waals surface area contributed by atoms with Crippen molar-refractivity contribution >= 4 is 32.5 Å². The van der Waals surface area contributed by atoms with Crippen molar-refractivity contribution in [3.8, 4) is 5.75 Å². The summed E-state index contributed by atoms with van der Waals surface area (Å²) >= 11 is 0. The highest BCUT2D eigenvalue weighted by molar-refractivity contribution is 7.80. The number of aryl methyl sites for hydroxylation is 1. The Labute approximate surface area is 134 Å². The van der Waals surface area contributed by atoms with Gasteiger partial charge in [-0.15, -0.1) is 0 Å². The first-order valence-electron chi connectivity index (χ1n) is 6.60. The number of aromatic nitrogens is 2. The molecule has 8 heteroatoms. The number of rotatable bonds is 2. The molecule has 0 saturated carbocycles. The van der Waals surface area contributed by atoms with Gasteiger partial charge in [0, 0.05) is 6.07 Å². The smallest absolute Gasteiger partial charge is 0.273 e. The van der Waals surface area contributed by atoms with Crippen molar-refractivity contribution < 1.29 is 26.5 Å². The second-order valence-corrected chi connectivity index (χ2v) is 5.71. The van der Waals surface area contributed by atoms with E-state index in [1.165, 1.54) is 0 Å². The van der Waals surface area contributed by atoms with Crippen molar-refractivity contribution in [2.24, 2.45) is 7.05 Å². The van der Waals surface area contributed by atoms with Crippen molar-refractivity contribution in [1.29, 1.82) is 0 Å². The SMILES string of the molecule is COS(=O)(=O)[O-].COc1cccc2nc3ccccc3[n+](C)c12. The molecular weight excluding hydrogens is 320 g/mol. The van der Waals surface area contributed by atoms with Crippen LogP contribution in [0.25, 0.3) is 22.1 Å². The number of para-hydroxylation sites is 3. The quantitative estimate of drug-likeness (QED) is 0.303. The lowest BCUT2D eigenvalue weighted by Gasteiger charge is -2.04. The van der Waals surface area contributed by atoms with Crippen LogP contribution in [-0.2, 0) is 21.6 Å². The van der Waals surface area contributed by atoms with Gasteiger partial charge in [-0.3, -0.25) is 4.18 Å². The topological polar surface area (TPSA) is 92.4 Å². The van der Waals surface area contributed by atoms with Crippen LogP contribution in [0.15, 0.2) is 42.5 Å². The van der Waals surface area contributed by atoms with E-state index in [9.17, 15) is 13.0 Å². The van der Waals surface area contributed by atoms with Crippen LogP contribution in [0.1, 0.15) is 0 Å². The number of fused-ring (bicyclic) bond motifs is 2. The Morgan fingerprint density at radius 2 is 1.65 bits per heavy atom.